The van der Waals surface area contributed by atoms with Gasteiger partial charge in [0.25, 0.3) is 0 Å². The van der Waals surface area contributed by atoms with Gasteiger partial charge in [0.05, 0.1) is 6.61 Å². The van der Waals surface area contributed by atoms with E-state index in [1.807, 2.05) is 0 Å². The summed E-state index contributed by atoms with van der Waals surface area (Å²) in [7, 11) is 0. The third kappa shape index (κ3) is 2.97. The summed E-state index contributed by atoms with van der Waals surface area (Å²) in [5, 5.41) is 6.89. The molecule has 1 aromatic rings. The van der Waals surface area contributed by atoms with Crippen molar-refractivity contribution in [2.45, 2.75) is 13.1 Å². The van der Waals surface area contributed by atoms with Crippen LogP contribution in [0, 0.1) is 5.41 Å². The van der Waals surface area contributed by atoms with E-state index in [0.29, 0.717) is 12.4 Å². The SMILES string of the molecule is CCOc1ccc(C(=N)C(F)(F)F)cc1. The van der Waals surface area contributed by atoms with E-state index >= 15 is 0 Å². The summed E-state index contributed by atoms with van der Waals surface area (Å²) < 4.78 is 41.5. The number of hydrogen-bond donors (Lipinski definition) is 1. The van der Waals surface area contributed by atoms with Crippen LogP contribution in [0.15, 0.2) is 24.3 Å². The van der Waals surface area contributed by atoms with Crippen molar-refractivity contribution in [3.63, 3.8) is 0 Å². The molecule has 0 saturated carbocycles. The average Bonchev–Trinajstić information content (AvgIpc) is 2.17. The Kier molecular flexibility index (Phi) is 3.34. The minimum absolute atomic E-state index is 0.161. The third-order valence-corrected chi connectivity index (χ3v) is 1.74. The molecule has 5 heteroatoms. The predicted molar refractivity (Wildman–Crippen MR) is 50.5 cm³/mol. The molecule has 0 radical (unpaired) electrons. The molecule has 0 fully saturated rings. The van der Waals surface area contributed by atoms with Crippen LogP contribution in [-0.2, 0) is 0 Å². The van der Waals surface area contributed by atoms with Gasteiger partial charge in [0.2, 0.25) is 0 Å². The Labute approximate surface area is 85.2 Å². The third-order valence-electron chi connectivity index (χ3n) is 1.74. The summed E-state index contributed by atoms with van der Waals surface area (Å²) in [5.41, 5.74) is -1.50. The molecule has 1 aromatic carbocycles. The maximum Gasteiger partial charge on any atom is 0.433 e. The van der Waals surface area contributed by atoms with Crippen molar-refractivity contribution in [1.29, 1.82) is 5.41 Å². The quantitative estimate of drug-likeness (QED) is 0.775. The summed E-state index contributed by atoms with van der Waals surface area (Å²) in [5.74, 6) is 0.497. The Morgan fingerprint density at radius 1 is 1.27 bits per heavy atom. The molecular formula is C10H10F3NO. The van der Waals surface area contributed by atoms with E-state index in [9.17, 15) is 13.2 Å². The first-order valence-corrected chi connectivity index (χ1v) is 4.34. The lowest BCUT2D eigenvalue weighted by atomic mass is 10.1. The highest BCUT2D eigenvalue weighted by atomic mass is 19.4. The normalized spacial score (nSPS) is 11.2. The van der Waals surface area contributed by atoms with Crippen molar-refractivity contribution in [2.24, 2.45) is 0 Å². The fraction of sp³-hybridized carbons (Fsp3) is 0.300. The summed E-state index contributed by atoms with van der Waals surface area (Å²) in [4.78, 5) is 0. The molecule has 15 heavy (non-hydrogen) atoms. The highest BCUT2D eigenvalue weighted by Gasteiger charge is 2.35. The highest BCUT2D eigenvalue weighted by molar-refractivity contribution is 6.02. The molecular weight excluding hydrogens is 207 g/mol. The van der Waals surface area contributed by atoms with Gasteiger partial charge in [0, 0.05) is 5.56 Å². The average molecular weight is 217 g/mol. The first-order valence-electron chi connectivity index (χ1n) is 4.34. The van der Waals surface area contributed by atoms with Crippen LogP contribution in [0.2, 0.25) is 0 Å². The van der Waals surface area contributed by atoms with Crippen LogP contribution in [-0.4, -0.2) is 18.5 Å². The van der Waals surface area contributed by atoms with Crippen LogP contribution < -0.4 is 4.74 Å². The van der Waals surface area contributed by atoms with Crippen LogP contribution >= 0.6 is 0 Å². The lowest BCUT2D eigenvalue weighted by Crippen LogP contribution is -2.22. The maximum atomic E-state index is 12.1. The van der Waals surface area contributed by atoms with Crippen molar-refractivity contribution in [1.82, 2.24) is 0 Å². The maximum absolute atomic E-state index is 12.1. The number of benzene rings is 1. The van der Waals surface area contributed by atoms with Gasteiger partial charge in [-0.3, -0.25) is 5.41 Å². The van der Waals surface area contributed by atoms with Gasteiger partial charge in [0.15, 0.2) is 0 Å². The van der Waals surface area contributed by atoms with Gasteiger partial charge >= 0.3 is 6.18 Å². The van der Waals surface area contributed by atoms with E-state index in [0.717, 1.165) is 0 Å². The highest BCUT2D eigenvalue weighted by Crippen LogP contribution is 2.22. The molecule has 0 unspecified atom stereocenters. The van der Waals surface area contributed by atoms with Crippen molar-refractivity contribution in [2.75, 3.05) is 6.61 Å². The first-order chi connectivity index (χ1) is 6.95. The Morgan fingerprint density at radius 3 is 2.20 bits per heavy atom. The molecule has 1 N–H and O–H groups in total. The second-order valence-corrected chi connectivity index (χ2v) is 2.83. The lowest BCUT2D eigenvalue weighted by molar-refractivity contribution is -0.0587. The second-order valence-electron chi connectivity index (χ2n) is 2.83. The molecule has 0 aromatic heterocycles. The molecule has 0 spiro atoms. The van der Waals surface area contributed by atoms with Crippen molar-refractivity contribution in [3.8, 4) is 5.75 Å². The minimum Gasteiger partial charge on any atom is -0.494 e. The monoisotopic (exact) mass is 217 g/mol. The number of alkyl halides is 3. The number of nitrogens with one attached hydrogen (secondary N) is 1. The van der Waals surface area contributed by atoms with Crippen molar-refractivity contribution in [3.05, 3.63) is 29.8 Å². The molecule has 0 atom stereocenters. The summed E-state index contributed by atoms with van der Waals surface area (Å²) >= 11 is 0. The summed E-state index contributed by atoms with van der Waals surface area (Å²) in [6.45, 7) is 2.24. The second kappa shape index (κ2) is 4.33. The van der Waals surface area contributed by atoms with E-state index in [1.54, 1.807) is 6.92 Å². The molecule has 0 saturated heterocycles. The molecule has 0 heterocycles. The fourth-order valence-corrected chi connectivity index (χ4v) is 1.05. The van der Waals surface area contributed by atoms with Crippen LogP contribution in [0.3, 0.4) is 0 Å². The standard InChI is InChI=1S/C10H10F3NO/c1-2-15-8-5-3-7(4-6-8)9(14)10(11,12)13/h3-6,14H,2H2,1H3. The molecule has 2 nitrogen and oxygen atoms in total. The summed E-state index contributed by atoms with van der Waals surface area (Å²) in [6.07, 6.45) is -4.60. The topological polar surface area (TPSA) is 33.1 Å². The molecule has 1 rings (SSSR count). The van der Waals surface area contributed by atoms with Gasteiger partial charge in [-0.15, -0.1) is 0 Å². The Morgan fingerprint density at radius 2 is 1.80 bits per heavy atom. The minimum atomic E-state index is -4.60. The van der Waals surface area contributed by atoms with Crippen molar-refractivity contribution < 1.29 is 17.9 Å². The molecule has 0 aliphatic heterocycles. The van der Waals surface area contributed by atoms with Gasteiger partial charge in [0.1, 0.15) is 11.5 Å². The van der Waals surface area contributed by atoms with E-state index in [-0.39, 0.29) is 5.56 Å². The zero-order valence-corrected chi connectivity index (χ0v) is 8.06. The molecule has 82 valence electrons. The van der Waals surface area contributed by atoms with Gasteiger partial charge < -0.3 is 4.74 Å². The smallest absolute Gasteiger partial charge is 0.433 e. The lowest BCUT2D eigenvalue weighted by Gasteiger charge is -2.09. The molecule has 0 aliphatic carbocycles. The predicted octanol–water partition coefficient (Wildman–Crippen LogP) is 3.02. The molecule has 0 aliphatic rings. The zero-order valence-electron chi connectivity index (χ0n) is 8.06. The van der Waals surface area contributed by atoms with E-state index in [1.165, 1.54) is 24.3 Å². The number of rotatable bonds is 3. The number of ether oxygens (including phenoxy) is 1. The Bertz CT molecular complexity index is 343. The van der Waals surface area contributed by atoms with E-state index in [2.05, 4.69) is 0 Å². The summed E-state index contributed by atoms with van der Waals surface area (Å²) in [6, 6.07) is 5.28. The van der Waals surface area contributed by atoms with Crippen LogP contribution in [0.25, 0.3) is 0 Å². The van der Waals surface area contributed by atoms with Crippen LogP contribution in [0.1, 0.15) is 12.5 Å². The number of halogens is 3. The van der Waals surface area contributed by atoms with Crippen LogP contribution in [0.4, 0.5) is 13.2 Å². The number of hydrogen-bond acceptors (Lipinski definition) is 2. The van der Waals surface area contributed by atoms with Crippen LogP contribution in [0.5, 0.6) is 5.75 Å². The Balaban J connectivity index is 2.85. The first kappa shape index (κ1) is 11.6. The molecule has 0 bridgehead atoms. The molecule has 0 amide bonds. The largest absolute Gasteiger partial charge is 0.494 e. The van der Waals surface area contributed by atoms with Gasteiger partial charge in [-0.25, -0.2) is 0 Å². The van der Waals surface area contributed by atoms with E-state index < -0.39 is 11.9 Å². The van der Waals surface area contributed by atoms with Gasteiger partial charge in [-0.1, -0.05) is 0 Å². The van der Waals surface area contributed by atoms with Crippen molar-refractivity contribution >= 4 is 5.71 Å². The van der Waals surface area contributed by atoms with Gasteiger partial charge in [-0.2, -0.15) is 13.2 Å². The fourth-order valence-electron chi connectivity index (χ4n) is 1.05. The Hall–Kier alpha value is -1.52. The zero-order chi connectivity index (χ0) is 11.5. The van der Waals surface area contributed by atoms with E-state index in [4.69, 9.17) is 10.1 Å². The van der Waals surface area contributed by atoms with Gasteiger partial charge in [-0.05, 0) is 31.2 Å².